The molecule has 14 heavy (non-hydrogen) atoms. The number of hydrogen-bond donors (Lipinski definition) is 2. The van der Waals surface area contributed by atoms with Crippen molar-refractivity contribution < 1.29 is 24.5 Å². The number of aliphatic hydroxyl groups excluding tert-OH is 1. The number of carbonyl (C=O) groups excluding carboxylic acids is 1. The molecule has 2 aliphatic heterocycles. The fraction of sp³-hybridized carbons (Fsp3) is 0.875. The van der Waals surface area contributed by atoms with Crippen LogP contribution >= 0.6 is 11.8 Å². The second kappa shape index (κ2) is 3.46. The van der Waals surface area contributed by atoms with E-state index in [0.717, 1.165) is 11.8 Å². The van der Waals surface area contributed by atoms with E-state index < -0.39 is 23.2 Å². The molecular formula is C8H12O5S. The van der Waals surface area contributed by atoms with Crippen LogP contribution in [0, 0.1) is 0 Å². The van der Waals surface area contributed by atoms with Crippen molar-refractivity contribution >= 4 is 16.9 Å². The minimum atomic E-state index is -1.34. The van der Waals surface area contributed by atoms with Gasteiger partial charge in [-0.3, -0.25) is 4.79 Å². The highest BCUT2D eigenvalue weighted by Gasteiger charge is 2.56. The molecule has 0 unspecified atom stereocenters. The Bertz CT molecular complexity index is 258. The molecule has 2 N–H and O–H groups in total. The summed E-state index contributed by atoms with van der Waals surface area (Å²) in [4.78, 5) is 9.57. The molecule has 0 aromatic carbocycles. The predicted octanol–water partition coefficient (Wildman–Crippen LogP) is -0.887. The summed E-state index contributed by atoms with van der Waals surface area (Å²) in [6, 6.07) is 0. The van der Waals surface area contributed by atoms with E-state index >= 15 is 0 Å². The lowest BCUT2D eigenvalue weighted by Crippen LogP contribution is -2.41. The molecule has 0 aliphatic carbocycles. The first-order chi connectivity index (χ1) is 6.53. The van der Waals surface area contributed by atoms with Gasteiger partial charge >= 0.3 is 0 Å². The molecule has 0 aromatic rings. The molecule has 6 heteroatoms. The molecule has 2 fully saturated rings. The molecule has 0 radical (unpaired) electrons. The summed E-state index contributed by atoms with van der Waals surface area (Å²) in [6.45, 7) is 1.54. The van der Waals surface area contributed by atoms with Crippen LogP contribution in [0.4, 0.5) is 0 Å². The van der Waals surface area contributed by atoms with Gasteiger partial charge in [0, 0.05) is 6.92 Å². The van der Waals surface area contributed by atoms with Crippen molar-refractivity contribution in [1.29, 1.82) is 0 Å². The van der Waals surface area contributed by atoms with E-state index in [-0.39, 0.29) is 18.3 Å². The molecule has 0 amide bonds. The van der Waals surface area contributed by atoms with Crippen molar-refractivity contribution in [1.82, 2.24) is 0 Å². The van der Waals surface area contributed by atoms with Crippen LogP contribution in [0.3, 0.4) is 0 Å². The molecule has 2 saturated heterocycles. The first-order valence-corrected chi connectivity index (χ1v) is 5.18. The van der Waals surface area contributed by atoms with E-state index in [9.17, 15) is 15.0 Å². The van der Waals surface area contributed by atoms with Gasteiger partial charge in [-0.15, -0.1) is 0 Å². The molecule has 2 heterocycles. The van der Waals surface area contributed by atoms with Crippen molar-refractivity contribution in [3.05, 3.63) is 0 Å². The standard InChI is InChI=1S/C8H12O5S/c1-4(9)14-8(11)3-13-6-5(10)2-12-7(6)8/h5-7,10-11H,2-3H2,1H3/t5-,6-,7+,8-/m1/s1. The smallest absolute Gasteiger partial charge is 0.188 e. The number of fused-ring (bicyclic) bond motifs is 1. The van der Waals surface area contributed by atoms with Gasteiger partial charge in [0.1, 0.15) is 18.3 Å². The number of carbonyl (C=O) groups is 1. The van der Waals surface area contributed by atoms with Crippen LogP contribution in [-0.4, -0.2) is 51.8 Å². The first-order valence-electron chi connectivity index (χ1n) is 4.36. The Labute approximate surface area is 85.4 Å². The fourth-order valence-corrected chi connectivity index (χ4v) is 2.76. The largest absolute Gasteiger partial charge is 0.388 e. The first kappa shape index (κ1) is 10.4. The Balaban J connectivity index is 2.11. The Hall–Kier alpha value is -0.140. The fourth-order valence-electron chi connectivity index (χ4n) is 1.81. The topological polar surface area (TPSA) is 76.0 Å². The third kappa shape index (κ3) is 1.57. The average Bonchev–Trinajstić information content (AvgIpc) is 2.55. The van der Waals surface area contributed by atoms with Crippen molar-refractivity contribution in [3.8, 4) is 0 Å². The lowest BCUT2D eigenvalue weighted by atomic mass is 10.1. The lowest BCUT2D eigenvalue weighted by Gasteiger charge is -2.24. The molecule has 80 valence electrons. The van der Waals surface area contributed by atoms with Crippen LogP contribution in [0.15, 0.2) is 0 Å². The van der Waals surface area contributed by atoms with E-state index in [2.05, 4.69) is 0 Å². The Morgan fingerprint density at radius 2 is 2.29 bits per heavy atom. The van der Waals surface area contributed by atoms with Crippen LogP contribution in [0.1, 0.15) is 6.92 Å². The molecule has 0 aromatic heterocycles. The van der Waals surface area contributed by atoms with Gasteiger partial charge in [-0.05, 0) is 11.8 Å². The number of thioether (sulfide) groups is 1. The Morgan fingerprint density at radius 3 is 2.93 bits per heavy atom. The van der Waals surface area contributed by atoms with Crippen molar-refractivity contribution in [2.75, 3.05) is 13.2 Å². The maximum absolute atomic E-state index is 10.9. The summed E-state index contributed by atoms with van der Waals surface area (Å²) >= 11 is 0.798. The van der Waals surface area contributed by atoms with Crippen molar-refractivity contribution in [3.63, 3.8) is 0 Å². The summed E-state index contributed by atoms with van der Waals surface area (Å²) in [5.74, 6) is 0. The normalized spacial score (nSPS) is 46.6. The summed E-state index contributed by atoms with van der Waals surface area (Å²) in [6.07, 6.45) is -1.82. The van der Waals surface area contributed by atoms with Crippen LogP contribution in [0.5, 0.6) is 0 Å². The van der Waals surface area contributed by atoms with E-state index in [1.165, 1.54) is 6.92 Å². The summed E-state index contributed by atoms with van der Waals surface area (Å²) in [5, 5.41) is 19.2. The highest BCUT2D eigenvalue weighted by atomic mass is 32.2. The van der Waals surface area contributed by atoms with E-state index in [4.69, 9.17) is 9.47 Å². The lowest BCUT2D eigenvalue weighted by molar-refractivity contribution is -0.109. The van der Waals surface area contributed by atoms with Crippen LogP contribution < -0.4 is 0 Å². The van der Waals surface area contributed by atoms with Gasteiger partial charge in [-0.1, -0.05) is 0 Å². The van der Waals surface area contributed by atoms with Crippen molar-refractivity contribution in [2.24, 2.45) is 0 Å². The van der Waals surface area contributed by atoms with Gasteiger partial charge in [-0.25, -0.2) is 0 Å². The van der Waals surface area contributed by atoms with Gasteiger partial charge in [0.05, 0.1) is 13.2 Å². The second-order valence-corrected chi connectivity index (χ2v) is 5.02. The van der Waals surface area contributed by atoms with E-state index in [1.54, 1.807) is 0 Å². The van der Waals surface area contributed by atoms with Gasteiger partial charge in [-0.2, -0.15) is 0 Å². The minimum absolute atomic E-state index is 0.0175. The zero-order valence-corrected chi connectivity index (χ0v) is 8.49. The number of rotatable bonds is 1. The zero-order valence-electron chi connectivity index (χ0n) is 7.67. The SMILES string of the molecule is CC(=O)S[C@]1(O)CO[C@@H]2[C@H](O)CO[C@@H]21. The Morgan fingerprint density at radius 1 is 1.57 bits per heavy atom. The average molecular weight is 220 g/mol. The molecule has 2 rings (SSSR count). The van der Waals surface area contributed by atoms with E-state index in [1.807, 2.05) is 0 Å². The number of ether oxygens (including phenoxy) is 2. The van der Waals surface area contributed by atoms with Gasteiger partial charge < -0.3 is 19.7 Å². The van der Waals surface area contributed by atoms with Crippen LogP contribution in [-0.2, 0) is 14.3 Å². The predicted molar refractivity (Wildman–Crippen MR) is 48.7 cm³/mol. The highest BCUT2D eigenvalue weighted by molar-refractivity contribution is 8.14. The van der Waals surface area contributed by atoms with Crippen LogP contribution in [0.25, 0.3) is 0 Å². The molecule has 4 atom stereocenters. The van der Waals surface area contributed by atoms with Crippen molar-refractivity contribution in [2.45, 2.75) is 30.2 Å². The maximum atomic E-state index is 10.9. The maximum Gasteiger partial charge on any atom is 0.188 e. The quantitative estimate of drug-likeness (QED) is 0.558. The highest BCUT2D eigenvalue weighted by Crippen LogP contribution is 2.41. The summed E-state index contributed by atoms with van der Waals surface area (Å²) in [5.41, 5.74) is 0. The Kier molecular flexibility index (Phi) is 2.57. The summed E-state index contributed by atoms with van der Waals surface area (Å²) < 4.78 is 10.4. The second-order valence-electron chi connectivity index (χ2n) is 3.54. The molecular weight excluding hydrogens is 208 g/mol. The van der Waals surface area contributed by atoms with Gasteiger partial charge in [0.15, 0.2) is 10.0 Å². The van der Waals surface area contributed by atoms with Gasteiger partial charge in [0.2, 0.25) is 0 Å². The third-order valence-electron chi connectivity index (χ3n) is 2.37. The molecule has 0 bridgehead atoms. The summed E-state index contributed by atoms with van der Waals surface area (Å²) in [7, 11) is 0. The molecule has 5 nitrogen and oxygen atoms in total. The third-order valence-corrected chi connectivity index (χ3v) is 3.36. The molecule has 0 spiro atoms. The molecule has 0 saturated carbocycles. The molecule has 2 aliphatic rings. The zero-order chi connectivity index (χ0) is 10.3. The van der Waals surface area contributed by atoms with E-state index in [0.29, 0.717) is 0 Å². The monoisotopic (exact) mass is 220 g/mol. The van der Waals surface area contributed by atoms with Gasteiger partial charge in [0.25, 0.3) is 0 Å². The minimum Gasteiger partial charge on any atom is -0.388 e. The number of hydrogen-bond acceptors (Lipinski definition) is 6. The van der Waals surface area contributed by atoms with Crippen LogP contribution in [0.2, 0.25) is 0 Å². The number of aliphatic hydroxyl groups is 2.